The monoisotopic (exact) mass is 269 g/mol. The van der Waals surface area contributed by atoms with Gasteiger partial charge >= 0.3 is 0 Å². The highest BCUT2D eigenvalue weighted by molar-refractivity contribution is 8.15. The smallest absolute Gasteiger partial charge is 0.236 e. The number of carbonyl (C=O) groups excluding carboxylic acids is 1. The lowest BCUT2D eigenvalue weighted by Crippen LogP contribution is -2.19. The van der Waals surface area contributed by atoms with Crippen molar-refractivity contribution in [1.82, 2.24) is 5.32 Å². The van der Waals surface area contributed by atoms with Crippen molar-refractivity contribution >= 4 is 40.7 Å². The molecular formula is C10H8ClN3O2S. The number of thioether (sulfide) groups is 1. The van der Waals surface area contributed by atoms with Gasteiger partial charge in [0.1, 0.15) is 5.75 Å². The van der Waals surface area contributed by atoms with E-state index < -0.39 is 0 Å². The van der Waals surface area contributed by atoms with Crippen molar-refractivity contribution in [3.05, 3.63) is 28.8 Å². The van der Waals surface area contributed by atoms with Gasteiger partial charge in [0.2, 0.25) is 5.91 Å². The molecule has 0 unspecified atom stereocenters. The van der Waals surface area contributed by atoms with Crippen molar-refractivity contribution in [2.24, 2.45) is 10.2 Å². The summed E-state index contributed by atoms with van der Waals surface area (Å²) in [6.45, 7) is 0. The Balaban J connectivity index is 2.10. The molecule has 17 heavy (non-hydrogen) atoms. The van der Waals surface area contributed by atoms with Crippen LogP contribution in [0.4, 0.5) is 0 Å². The summed E-state index contributed by atoms with van der Waals surface area (Å²) in [5.74, 6) is 0.382. The second-order valence-corrected chi connectivity index (χ2v) is 4.56. The van der Waals surface area contributed by atoms with Crippen LogP contribution in [-0.4, -0.2) is 28.1 Å². The van der Waals surface area contributed by atoms with Crippen molar-refractivity contribution < 1.29 is 9.90 Å². The van der Waals surface area contributed by atoms with Gasteiger partial charge in [0.05, 0.1) is 12.0 Å². The Bertz CT molecular complexity index is 516. The number of amides is 1. The largest absolute Gasteiger partial charge is 0.508 e. The molecule has 0 radical (unpaired) electrons. The van der Waals surface area contributed by atoms with Crippen LogP contribution in [0.3, 0.4) is 0 Å². The van der Waals surface area contributed by atoms with Crippen LogP contribution in [-0.2, 0) is 4.79 Å². The van der Waals surface area contributed by atoms with Gasteiger partial charge in [0, 0.05) is 10.6 Å². The van der Waals surface area contributed by atoms with Crippen molar-refractivity contribution in [3.8, 4) is 5.75 Å². The number of hydrogen-bond donors (Lipinski definition) is 2. The minimum Gasteiger partial charge on any atom is -0.508 e. The van der Waals surface area contributed by atoms with Crippen molar-refractivity contribution in [1.29, 1.82) is 0 Å². The molecule has 1 saturated heterocycles. The van der Waals surface area contributed by atoms with Gasteiger partial charge in [-0.2, -0.15) is 5.10 Å². The number of phenols is 1. The van der Waals surface area contributed by atoms with Crippen LogP contribution in [0.25, 0.3) is 0 Å². The van der Waals surface area contributed by atoms with Crippen molar-refractivity contribution in [3.63, 3.8) is 0 Å². The van der Waals surface area contributed by atoms with E-state index in [1.54, 1.807) is 6.07 Å². The Hall–Kier alpha value is -1.53. The van der Waals surface area contributed by atoms with E-state index in [1.807, 2.05) is 0 Å². The van der Waals surface area contributed by atoms with Gasteiger partial charge in [-0.3, -0.25) is 4.79 Å². The highest BCUT2D eigenvalue weighted by Crippen LogP contribution is 2.19. The first-order valence-corrected chi connectivity index (χ1v) is 6.04. The fourth-order valence-electron chi connectivity index (χ4n) is 1.15. The number of hydrogen-bond acceptors (Lipinski definition) is 5. The molecule has 0 saturated carbocycles. The molecule has 7 heteroatoms. The van der Waals surface area contributed by atoms with Gasteiger partial charge in [-0.05, 0) is 18.2 Å². The van der Waals surface area contributed by atoms with Gasteiger partial charge in [-0.15, -0.1) is 5.10 Å². The zero-order chi connectivity index (χ0) is 12.3. The van der Waals surface area contributed by atoms with Crippen LogP contribution in [0.15, 0.2) is 28.4 Å². The number of amidine groups is 1. The predicted molar refractivity (Wildman–Crippen MR) is 68.7 cm³/mol. The highest BCUT2D eigenvalue weighted by Gasteiger charge is 2.15. The van der Waals surface area contributed by atoms with Crippen molar-refractivity contribution in [2.45, 2.75) is 0 Å². The number of nitrogens with one attached hydrogen (secondary N) is 1. The van der Waals surface area contributed by atoms with E-state index in [1.165, 1.54) is 30.1 Å². The molecule has 88 valence electrons. The zero-order valence-electron chi connectivity index (χ0n) is 8.55. The number of benzene rings is 1. The van der Waals surface area contributed by atoms with Crippen LogP contribution in [0.1, 0.15) is 5.56 Å². The van der Waals surface area contributed by atoms with Gasteiger partial charge in [-0.1, -0.05) is 23.4 Å². The summed E-state index contributed by atoms with van der Waals surface area (Å²) in [6.07, 6.45) is 1.42. The van der Waals surface area contributed by atoms with Gasteiger partial charge < -0.3 is 10.4 Å². The summed E-state index contributed by atoms with van der Waals surface area (Å²) in [5.41, 5.74) is 0.561. The minimum absolute atomic E-state index is 0.0839. The number of carbonyl (C=O) groups is 1. The Morgan fingerprint density at radius 1 is 1.53 bits per heavy atom. The summed E-state index contributed by atoms with van der Waals surface area (Å²) >= 11 is 7.18. The van der Waals surface area contributed by atoms with Gasteiger partial charge in [-0.25, -0.2) is 0 Å². The Labute approximate surface area is 107 Å². The normalized spacial score (nSPS) is 17.9. The molecule has 0 aliphatic carbocycles. The fourth-order valence-corrected chi connectivity index (χ4v) is 1.95. The van der Waals surface area contributed by atoms with Gasteiger partial charge in [0.25, 0.3) is 0 Å². The average Bonchev–Trinajstić information content (AvgIpc) is 2.69. The lowest BCUT2D eigenvalue weighted by atomic mass is 10.2. The van der Waals surface area contributed by atoms with Crippen LogP contribution in [0.5, 0.6) is 5.75 Å². The Kier molecular flexibility index (Phi) is 3.65. The number of phenolic OH excluding ortho intramolecular Hbond substituents is 1. The first kappa shape index (κ1) is 11.9. The maximum atomic E-state index is 10.9. The average molecular weight is 270 g/mol. The van der Waals surface area contributed by atoms with E-state index in [2.05, 4.69) is 15.5 Å². The number of halogens is 1. The van der Waals surface area contributed by atoms with E-state index in [0.717, 1.165) is 0 Å². The fraction of sp³-hybridized carbons (Fsp3) is 0.100. The Morgan fingerprint density at radius 3 is 3.06 bits per heavy atom. The maximum Gasteiger partial charge on any atom is 0.236 e. The summed E-state index contributed by atoms with van der Waals surface area (Å²) in [5, 5.41) is 20.3. The first-order valence-electron chi connectivity index (χ1n) is 4.67. The first-order chi connectivity index (χ1) is 8.15. The molecule has 1 aliphatic heterocycles. The predicted octanol–water partition coefficient (Wildman–Crippen LogP) is 1.60. The summed E-state index contributed by atoms with van der Waals surface area (Å²) in [6, 6.07) is 4.53. The molecule has 1 aromatic carbocycles. The second-order valence-electron chi connectivity index (χ2n) is 3.19. The van der Waals surface area contributed by atoms with E-state index in [9.17, 15) is 9.90 Å². The van der Waals surface area contributed by atoms with Crippen LogP contribution in [0, 0.1) is 0 Å². The van der Waals surface area contributed by atoms with Crippen LogP contribution < -0.4 is 5.32 Å². The molecule has 1 aromatic rings. The van der Waals surface area contributed by atoms with E-state index in [-0.39, 0.29) is 11.7 Å². The lowest BCUT2D eigenvalue weighted by Gasteiger charge is -1.97. The second kappa shape index (κ2) is 5.20. The quantitative estimate of drug-likeness (QED) is 0.633. The molecule has 1 aliphatic rings. The molecule has 1 fully saturated rings. The molecule has 0 aromatic heterocycles. The molecule has 0 atom stereocenters. The number of nitrogens with zero attached hydrogens (tertiary/aromatic N) is 2. The SMILES string of the molecule is O=C1CSC(=NN=Cc2cc(O)ccc2Cl)N1. The third-order valence-corrected chi connectivity index (χ3v) is 3.12. The van der Waals surface area contributed by atoms with E-state index in [4.69, 9.17) is 11.6 Å². The Morgan fingerprint density at radius 2 is 2.35 bits per heavy atom. The number of rotatable bonds is 2. The molecule has 5 nitrogen and oxygen atoms in total. The maximum absolute atomic E-state index is 10.9. The zero-order valence-corrected chi connectivity index (χ0v) is 10.1. The lowest BCUT2D eigenvalue weighted by molar-refractivity contribution is -0.116. The standard InChI is InChI=1S/C10H8ClN3O2S/c11-8-2-1-7(15)3-6(8)4-12-14-10-13-9(16)5-17-10/h1-4,15H,5H2,(H,13,14,16). The molecule has 2 N–H and O–H groups in total. The minimum atomic E-state index is -0.0839. The molecule has 1 heterocycles. The summed E-state index contributed by atoms with van der Waals surface area (Å²) < 4.78 is 0. The highest BCUT2D eigenvalue weighted by atomic mass is 35.5. The number of aromatic hydroxyl groups is 1. The van der Waals surface area contributed by atoms with Gasteiger partial charge in [0.15, 0.2) is 5.17 Å². The summed E-state index contributed by atoms with van der Waals surface area (Å²) in [4.78, 5) is 10.9. The summed E-state index contributed by atoms with van der Waals surface area (Å²) in [7, 11) is 0. The molecule has 0 bridgehead atoms. The van der Waals surface area contributed by atoms with Crippen molar-refractivity contribution in [2.75, 3.05) is 5.75 Å². The van der Waals surface area contributed by atoms with Crippen LogP contribution in [0.2, 0.25) is 5.02 Å². The molecule has 2 rings (SSSR count). The van der Waals surface area contributed by atoms with E-state index in [0.29, 0.717) is 21.5 Å². The topological polar surface area (TPSA) is 74.0 Å². The molecule has 1 amide bonds. The van der Waals surface area contributed by atoms with E-state index >= 15 is 0 Å². The van der Waals surface area contributed by atoms with Crippen LogP contribution >= 0.6 is 23.4 Å². The molecular weight excluding hydrogens is 262 g/mol. The molecule has 0 spiro atoms. The third-order valence-electron chi connectivity index (χ3n) is 1.91. The third kappa shape index (κ3) is 3.21.